The maximum Gasteiger partial charge on any atom is 0.287 e. The van der Waals surface area contributed by atoms with Crippen molar-refractivity contribution in [2.45, 2.75) is 13.8 Å². The summed E-state index contributed by atoms with van der Waals surface area (Å²) < 4.78 is 0.931. The first-order valence-corrected chi connectivity index (χ1v) is 6.58. The number of aromatic nitrogens is 1. The standard InChI is InChI=1S/C13H12BrN3O3/c1-7-3-9(14)4-8(2)12(7)16-13(18)11-5-10(6-15-11)17(19)20/h3-6,15H,1-2H3,(H,16,18). The lowest BCUT2D eigenvalue weighted by Gasteiger charge is -2.11. The van der Waals surface area contributed by atoms with E-state index < -0.39 is 10.8 Å². The molecular formula is C13H12BrN3O3. The van der Waals surface area contributed by atoms with E-state index in [1.165, 1.54) is 12.3 Å². The number of halogens is 1. The highest BCUT2D eigenvalue weighted by Gasteiger charge is 2.16. The first-order valence-electron chi connectivity index (χ1n) is 5.79. The molecule has 0 atom stereocenters. The number of aromatic amines is 1. The topological polar surface area (TPSA) is 88.0 Å². The van der Waals surface area contributed by atoms with E-state index in [4.69, 9.17) is 0 Å². The third kappa shape index (κ3) is 2.88. The second kappa shape index (κ2) is 5.46. The van der Waals surface area contributed by atoms with Crippen LogP contribution in [0.4, 0.5) is 11.4 Å². The van der Waals surface area contributed by atoms with Crippen LogP contribution in [0, 0.1) is 24.0 Å². The van der Waals surface area contributed by atoms with Gasteiger partial charge < -0.3 is 10.3 Å². The van der Waals surface area contributed by atoms with Gasteiger partial charge in [0.15, 0.2) is 0 Å². The summed E-state index contributed by atoms with van der Waals surface area (Å²) in [5.41, 5.74) is 2.53. The van der Waals surface area contributed by atoms with E-state index in [1.807, 2.05) is 26.0 Å². The molecule has 0 aliphatic heterocycles. The highest BCUT2D eigenvalue weighted by molar-refractivity contribution is 9.10. The Morgan fingerprint density at radius 2 is 1.90 bits per heavy atom. The minimum atomic E-state index is -0.552. The first kappa shape index (κ1) is 14.3. The number of hydrogen-bond donors (Lipinski definition) is 2. The van der Waals surface area contributed by atoms with E-state index in [2.05, 4.69) is 26.2 Å². The van der Waals surface area contributed by atoms with Gasteiger partial charge in [0.25, 0.3) is 11.6 Å². The van der Waals surface area contributed by atoms with Crippen LogP contribution in [0.25, 0.3) is 0 Å². The average Bonchev–Trinajstić information content (AvgIpc) is 2.83. The lowest BCUT2D eigenvalue weighted by atomic mass is 10.1. The Morgan fingerprint density at radius 3 is 2.40 bits per heavy atom. The minimum Gasteiger partial charge on any atom is -0.351 e. The van der Waals surface area contributed by atoms with Gasteiger partial charge in [-0.05, 0) is 37.1 Å². The second-order valence-electron chi connectivity index (χ2n) is 4.40. The van der Waals surface area contributed by atoms with Crippen molar-refractivity contribution in [3.05, 3.63) is 55.8 Å². The molecule has 2 N–H and O–H groups in total. The number of nitrogens with one attached hydrogen (secondary N) is 2. The van der Waals surface area contributed by atoms with Crippen LogP contribution in [0.2, 0.25) is 0 Å². The Kier molecular flexibility index (Phi) is 3.89. The van der Waals surface area contributed by atoms with Crippen LogP contribution in [0.1, 0.15) is 21.6 Å². The zero-order valence-corrected chi connectivity index (χ0v) is 12.4. The number of hydrogen-bond acceptors (Lipinski definition) is 3. The molecule has 0 fully saturated rings. The summed E-state index contributed by atoms with van der Waals surface area (Å²) in [5.74, 6) is -0.411. The molecule has 0 saturated carbocycles. The number of carbonyl (C=O) groups excluding carboxylic acids is 1. The summed E-state index contributed by atoms with van der Waals surface area (Å²) in [6.45, 7) is 3.76. The Balaban J connectivity index is 2.25. The van der Waals surface area contributed by atoms with Crippen molar-refractivity contribution in [3.63, 3.8) is 0 Å². The molecule has 0 aliphatic carbocycles. The number of rotatable bonds is 3. The quantitative estimate of drug-likeness (QED) is 0.663. The van der Waals surface area contributed by atoms with E-state index in [-0.39, 0.29) is 11.4 Å². The van der Waals surface area contributed by atoms with Gasteiger partial charge in [-0.25, -0.2) is 0 Å². The van der Waals surface area contributed by atoms with E-state index in [0.29, 0.717) is 5.69 Å². The van der Waals surface area contributed by atoms with Crippen molar-refractivity contribution in [2.24, 2.45) is 0 Å². The third-order valence-electron chi connectivity index (χ3n) is 2.86. The van der Waals surface area contributed by atoms with Crippen molar-refractivity contribution in [3.8, 4) is 0 Å². The third-order valence-corrected chi connectivity index (χ3v) is 3.32. The number of carbonyl (C=O) groups is 1. The summed E-state index contributed by atoms with van der Waals surface area (Å²) >= 11 is 3.38. The molecule has 0 spiro atoms. The van der Waals surface area contributed by atoms with Crippen LogP contribution in [-0.4, -0.2) is 15.8 Å². The van der Waals surface area contributed by atoms with Crippen molar-refractivity contribution in [2.75, 3.05) is 5.32 Å². The van der Waals surface area contributed by atoms with E-state index >= 15 is 0 Å². The molecule has 1 amide bonds. The number of amides is 1. The Morgan fingerprint density at radius 1 is 1.30 bits per heavy atom. The predicted molar refractivity (Wildman–Crippen MR) is 79.0 cm³/mol. The minimum absolute atomic E-state index is 0.139. The molecule has 0 aliphatic rings. The SMILES string of the molecule is Cc1cc(Br)cc(C)c1NC(=O)c1cc([N+](=O)[O-])c[nH]1. The fourth-order valence-electron chi connectivity index (χ4n) is 1.91. The van der Waals surface area contributed by atoms with E-state index in [9.17, 15) is 14.9 Å². The number of aryl methyl sites for hydroxylation is 2. The molecule has 7 heteroatoms. The predicted octanol–water partition coefficient (Wildman–Crippen LogP) is 3.55. The summed E-state index contributed by atoms with van der Waals surface area (Å²) in [6.07, 6.45) is 1.19. The van der Waals surface area contributed by atoms with Gasteiger partial charge in [0.05, 0.1) is 11.1 Å². The van der Waals surface area contributed by atoms with E-state index in [1.54, 1.807) is 0 Å². The van der Waals surface area contributed by atoms with E-state index in [0.717, 1.165) is 15.6 Å². The Bertz CT molecular complexity index is 671. The number of H-pyrrole nitrogens is 1. The molecule has 2 aromatic rings. The lowest BCUT2D eigenvalue weighted by molar-refractivity contribution is -0.384. The second-order valence-corrected chi connectivity index (χ2v) is 5.31. The number of nitro groups is 1. The molecule has 0 saturated heterocycles. The lowest BCUT2D eigenvalue weighted by Crippen LogP contribution is -2.14. The summed E-state index contributed by atoms with van der Waals surface area (Å²) in [7, 11) is 0. The summed E-state index contributed by atoms with van der Waals surface area (Å²) in [4.78, 5) is 24.7. The Labute approximate surface area is 123 Å². The molecule has 1 heterocycles. The van der Waals surface area contributed by atoms with Gasteiger partial charge in [-0.1, -0.05) is 15.9 Å². The van der Waals surface area contributed by atoms with Gasteiger partial charge in [0.1, 0.15) is 5.69 Å². The zero-order valence-electron chi connectivity index (χ0n) is 10.9. The molecule has 2 rings (SSSR count). The van der Waals surface area contributed by atoms with Crippen LogP contribution in [-0.2, 0) is 0 Å². The number of benzene rings is 1. The van der Waals surface area contributed by atoms with Crippen molar-refractivity contribution in [1.82, 2.24) is 4.98 Å². The largest absolute Gasteiger partial charge is 0.351 e. The van der Waals surface area contributed by atoms with Gasteiger partial charge >= 0.3 is 0 Å². The molecule has 6 nitrogen and oxygen atoms in total. The zero-order chi connectivity index (χ0) is 14.9. The first-order chi connectivity index (χ1) is 9.38. The number of nitrogens with zero attached hydrogens (tertiary/aromatic N) is 1. The maximum atomic E-state index is 12.1. The Hall–Kier alpha value is -2.15. The average molecular weight is 338 g/mol. The van der Waals surface area contributed by atoms with Gasteiger partial charge in [0.2, 0.25) is 0 Å². The van der Waals surface area contributed by atoms with Gasteiger partial charge in [-0.2, -0.15) is 0 Å². The smallest absolute Gasteiger partial charge is 0.287 e. The van der Waals surface area contributed by atoms with Crippen LogP contribution < -0.4 is 5.32 Å². The molecule has 1 aromatic heterocycles. The van der Waals surface area contributed by atoms with Crippen molar-refractivity contribution < 1.29 is 9.72 Å². The molecule has 0 unspecified atom stereocenters. The van der Waals surface area contributed by atoms with Crippen LogP contribution in [0.5, 0.6) is 0 Å². The van der Waals surface area contributed by atoms with Gasteiger partial charge in [0, 0.05) is 16.2 Å². The maximum absolute atomic E-state index is 12.1. The van der Waals surface area contributed by atoms with Crippen molar-refractivity contribution >= 4 is 33.2 Å². The van der Waals surface area contributed by atoms with Crippen molar-refractivity contribution in [1.29, 1.82) is 0 Å². The fraction of sp³-hybridized carbons (Fsp3) is 0.154. The highest BCUT2D eigenvalue weighted by Crippen LogP contribution is 2.25. The molecule has 0 bridgehead atoms. The van der Waals surface area contributed by atoms with Crippen LogP contribution in [0.15, 0.2) is 28.9 Å². The molecule has 0 radical (unpaired) electrons. The molecule has 1 aromatic carbocycles. The van der Waals surface area contributed by atoms with Crippen LogP contribution in [0.3, 0.4) is 0 Å². The van der Waals surface area contributed by atoms with Crippen LogP contribution >= 0.6 is 15.9 Å². The molecule has 104 valence electrons. The molecular weight excluding hydrogens is 326 g/mol. The fourth-order valence-corrected chi connectivity index (χ4v) is 2.59. The molecule has 20 heavy (non-hydrogen) atoms. The summed E-state index contributed by atoms with van der Waals surface area (Å²) in [6, 6.07) is 4.98. The van der Waals surface area contributed by atoms with Gasteiger partial charge in [-0.15, -0.1) is 0 Å². The normalized spacial score (nSPS) is 10.3. The summed E-state index contributed by atoms with van der Waals surface area (Å²) in [5, 5.41) is 13.4. The van der Waals surface area contributed by atoms with Gasteiger partial charge in [-0.3, -0.25) is 14.9 Å². The monoisotopic (exact) mass is 337 g/mol. The number of anilines is 1. The highest BCUT2D eigenvalue weighted by atomic mass is 79.9.